The third kappa shape index (κ3) is 6.71. The highest BCUT2D eigenvalue weighted by Gasteiger charge is 2.24. The van der Waals surface area contributed by atoms with Crippen LogP contribution in [0.2, 0.25) is 0 Å². The van der Waals surface area contributed by atoms with Crippen molar-refractivity contribution < 1.29 is 27.5 Å². The lowest BCUT2D eigenvalue weighted by atomic mass is 10.0. The van der Waals surface area contributed by atoms with Gasteiger partial charge in [0.1, 0.15) is 11.6 Å². The van der Waals surface area contributed by atoms with Crippen molar-refractivity contribution in [1.82, 2.24) is 10.2 Å². The summed E-state index contributed by atoms with van der Waals surface area (Å²) in [6, 6.07) is 12.1. The van der Waals surface area contributed by atoms with E-state index in [1.807, 2.05) is 0 Å². The zero-order valence-corrected chi connectivity index (χ0v) is 16.8. The van der Waals surface area contributed by atoms with Crippen LogP contribution in [0.15, 0.2) is 48.5 Å². The first kappa shape index (κ1) is 22.6. The first-order valence-electron chi connectivity index (χ1n) is 10.00. The number of hydrogen-bond acceptors (Lipinski definition) is 4. The van der Waals surface area contributed by atoms with E-state index in [9.17, 15) is 22.8 Å². The summed E-state index contributed by atoms with van der Waals surface area (Å²) in [5.74, 6) is -1.27. The summed E-state index contributed by atoms with van der Waals surface area (Å²) in [6.45, 7) is 0.324. The number of para-hydroxylation sites is 2. The maximum atomic E-state index is 13.6. The van der Waals surface area contributed by atoms with Crippen LogP contribution in [0.4, 0.5) is 18.9 Å². The van der Waals surface area contributed by atoms with Crippen LogP contribution in [0.3, 0.4) is 0 Å². The maximum absolute atomic E-state index is 13.6. The van der Waals surface area contributed by atoms with Gasteiger partial charge in [-0.25, -0.2) is 13.2 Å². The van der Waals surface area contributed by atoms with Crippen LogP contribution in [0.25, 0.3) is 0 Å². The lowest BCUT2D eigenvalue weighted by molar-refractivity contribution is -0.118. The summed E-state index contributed by atoms with van der Waals surface area (Å²) in [5, 5.41) is 5.32. The van der Waals surface area contributed by atoms with Gasteiger partial charge in [0.15, 0.2) is 6.61 Å². The average molecular weight is 435 g/mol. The summed E-state index contributed by atoms with van der Waals surface area (Å²) in [4.78, 5) is 26.5. The quantitative estimate of drug-likeness (QED) is 0.668. The van der Waals surface area contributed by atoms with Gasteiger partial charge in [-0.05, 0) is 37.1 Å². The number of hydrogen-bond donors (Lipinski definition) is 2. The Morgan fingerprint density at radius 2 is 1.74 bits per heavy atom. The highest BCUT2D eigenvalue weighted by molar-refractivity contribution is 5.97. The number of amides is 2. The molecule has 166 valence electrons. The molecule has 1 saturated heterocycles. The molecule has 6 nitrogen and oxygen atoms in total. The largest absolute Gasteiger partial charge is 0.483 e. The lowest BCUT2D eigenvalue weighted by Gasteiger charge is -2.32. The Labute approximate surface area is 178 Å². The van der Waals surface area contributed by atoms with Crippen LogP contribution in [-0.2, 0) is 4.79 Å². The molecule has 0 bridgehead atoms. The molecular weight excluding hydrogens is 411 g/mol. The van der Waals surface area contributed by atoms with Crippen LogP contribution in [0, 0.1) is 5.82 Å². The fourth-order valence-corrected chi connectivity index (χ4v) is 3.39. The third-order valence-corrected chi connectivity index (χ3v) is 4.96. The molecule has 9 heteroatoms. The van der Waals surface area contributed by atoms with Crippen molar-refractivity contribution >= 4 is 17.5 Å². The molecule has 1 fully saturated rings. The van der Waals surface area contributed by atoms with Gasteiger partial charge < -0.3 is 15.4 Å². The Hall–Kier alpha value is -3.07. The van der Waals surface area contributed by atoms with Gasteiger partial charge in [0.25, 0.3) is 18.2 Å². The van der Waals surface area contributed by atoms with Crippen LogP contribution in [0.5, 0.6) is 5.75 Å². The molecule has 0 spiro atoms. The van der Waals surface area contributed by atoms with E-state index in [-0.39, 0.29) is 35.5 Å². The van der Waals surface area contributed by atoms with Gasteiger partial charge in [-0.3, -0.25) is 14.5 Å². The number of carbonyl (C=O) groups is 2. The van der Waals surface area contributed by atoms with E-state index in [0.29, 0.717) is 25.9 Å². The molecule has 0 radical (unpaired) electrons. The lowest BCUT2D eigenvalue weighted by Crippen LogP contribution is -2.45. The molecule has 2 N–H and O–H groups in total. The van der Waals surface area contributed by atoms with Crippen molar-refractivity contribution in [3.05, 3.63) is 59.9 Å². The number of nitrogens with zero attached hydrogens (tertiary/aromatic N) is 1. The van der Waals surface area contributed by atoms with Crippen LogP contribution in [0.1, 0.15) is 23.2 Å². The van der Waals surface area contributed by atoms with Crippen molar-refractivity contribution in [1.29, 1.82) is 0 Å². The normalized spacial score (nSPS) is 15.0. The predicted octanol–water partition coefficient (Wildman–Crippen LogP) is 3.30. The number of carbonyl (C=O) groups excluding carboxylic acids is 2. The summed E-state index contributed by atoms with van der Waals surface area (Å²) < 4.78 is 44.1. The van der Waals surface area contributed by atoms with Crippen molar-refractivity contribution in [3.8, 4) is 5.75 Å². The molecule has 31 heavy (non-hydrogen) atoms. The Balaban J connectivity index is 1.53. The molecule has 0 aromatic heterocycles. The van der Waals surface area contributed by atoms with Crippen molar-refractivity contribution in [2.24, 2.45) is 0 Å². The molecule has 1 aliphatic rings. The van der Waals surface area contributed by atoms with E-state index in [2.05, 4.69) is 10.6 Å². The number of ether oxygens (including phenoxy) is 1. The number of halogens is 3. The zero-order valence-electron chi connectivity index (χ0n) is 16.8. The predicted molar refractivity (Wildman–Crippen MR) is 110 cm³/mol. The number of piperidine rings is 1. The Morgan fingerprint density at radius 3 is 2.45 bits per heavy atom. The molecule has 1 aliphatic heterocycles. The van der Waals surface area contributed by atoms with Crippen LogP contribution >= 0.6 is 0 Å². The third-order valence-electron chi connectivity index (χ3n) is 4.96. The minimum atomic E-state index is -2.37. The minimum Gasteiger partial charge on any atom is -0.483 e. The monoisotopic (exact) mass is 435 g/mol. The van der Waals surface area contributed by atoms with Crippen LogP contribution in [-0.4, -0.2) is 55.4 Å². The van der Waals surface area contributed by atoms with E-state index in [0.717, 1.165) is 0 Å². The zero-order chi connectivity index (χ0) is 22.2. The minimum absolute atomic E-state index is 0.0420. The number of anilines is 1. The van der Waals surface area contributed by atoms with Crippen molar-refractivity contribution in [3.63, 3.8) is 0 Å². The van der Waals surface area contributed by atoms with E-state index in [4.69, 9.17) is 4.74 Å². The van der Waals surface area contributed by atoms with Gasteiger partial charge >= 0.3 is 0 Å². The van der Waals surface area contributed by atoms with E-state index in [1.54, 1.807) is 35.2 Å². The summed E-state index contributed by atoms with van der Waals surface area (Å²) >= 11 is 0. The number of alkyl halides is 2. The van der Waals surface area contributed by atoms with Gasteiger partial charge in [0.2, 0.25) is 0 Å². The van der Waals surface area contributed by atoms with Gasteiger partial charge in [-0.15, -0.1) is 0 Å². The van der Waals surface area contributed by atoms with E-state index in [1.165, 1.54) is 18.2 Å². The molecular formula is C22H24F3N3O3. The Kier molecular flexibility index (Phi) is 7.88. The first-order valence-corrected chi connectivity index (χ1v) is 10.00. The highest BCUT2D eigenvalue weighted by Crippen LogP contribution is 2.20. The molecule has 3 rings (SSSR count). The SMILES string of the molecule is O=C(COc1ccccc1C(=O)NC1CCN(CC(F)F)CC1)Nc1ccccc1F. The second-order valence-electron chi connectivity index (χ2n) is 7.25. The molecule has 0 atom stereocenters. The highest BCUT2D eigenvalue weighted by atomic mass is 19.3. The first-order chi connectivity index (χ1) is 14.9. The summed E-state index contributed by atoms with van der Waals surface area (Å²) in [7, 11) is 0. The number of rotatable bonds is 8. The average Bonchev–Trinajstić information content (AvgIpc) is 2.75. The molecule has 2 aromatic carbocycles. The molecule has 0 saturated carbocycles. The number of nitrogens with one attached hydrogen (secondary N) is 2. The standard InChI is InChI=1S/C22H24F3N3O3/c23-17-6-2-3-7-18(17)27-21(29)14-31-19-8-4-1-5-16(19)22(30)26-15-9-11-28(12-10-15)13-20(24)25/h1-8,15,20H,9-14H2,(H,26,30)(H,27,29). The Morgan fingerprint density at radius 1 is 1.06 bits per heavy atom. The summed E-state index contributed by atoms with van der Waals surface area (Å²) in [6.07, 6.45) is -1.22. The Bertz CT molecular complexity index is 902. The molecule has 1 heterocycles. The van der Waals surface area contributed by atoms with Gasteiger partial charge in [-0.2, -0.15) is 0 Å². The van der Waals surface area contributed by atoms with Crippen LogP contribution < -0.4 is 15.4 Å². The fourth-order valence-electron chi connectivity index (χ4n) is 3.39. The van der Waals surface area contributed by atoms with Gasteiger partial charge in [-0.1, -0.05) is 24.3 Å². The second kappa shape index (κ2) is 10.8. The van der Waals surface area contributed by atoms with Crippen molar-refractivity contribution in [2.75, 3.05) is 31.6 Å². The maximum Gasteiger partial charge on any atom is 0.262 e. The molecule has 2 amide bonds. The number of likely N-dealkylation sites (tertiary alicyclic amines) is 1. The molecule has 0 unspecified atom stereocenters. The molecule has 2 aromatic rings. The van der Waals surface area contributed by atoms with Gasteiger partial charge in [0, 0.05) is 19.1 Å². The number of benzene rings is 2. The summed E-state index contributed by atoms with van der Waals surface area (Å²) in [5.41, 5.74) is 0.302. The second-order valence-corrected chi connectivity index (χ2v) is 7.25. The smallest absolute Gasteiger partial charge is 0.262 e. The fraction of sp³-hybridized carbons (Fsp3) is 0.364. The van der Waals surface area contributed by atoms with E-state index < -0.39 is 24.8 Å². The van der Waals surface area contributed by atoms with E-state index >= 15 is 0 Å². The molecule has 0 aliphatic carbocycles. The topological polar surface area (TPSA) is 70.7 Å². The van der Waals surface area contributed by atoms with Crippen molar-refractivity contribution in [2.45, 2.75) is 25.3 Å². The van der Waals surface area contributed by atoms with Gasteiger partial charge in [0.05, 0.1) is 17.8 Å².